The first-order chi connectivity index (χ1) is 11.2. The molecule has 1 aromatic rings. The van der Waals surface area contributed by atoms with Gasteiger partial charge in [0, 0.05) is 14.2 Å². The van der Waals surface area contributed by atoms with Crippen LogP contribution in [0.15, 0.2) is 18.2 Å². The van der Waals surface area contributed by atoms with E-state index in [2.05, 4.69) is 0 Å². The summed E-state index contributed by atoms with van der Waals surface area (Å²) in [5, 5.41) is 8.57. The van der Waals surface area contributed by atoms with Gasteiger partial charge >= 0.3 is 7.60 Å². The molecule has 7 nitrogen and oxygen atoms in total. The van der Waals surface area contributed by atoms with Gasteiger partial charge in [-0.2, -0.15) is 0 Å². The summed E-state index contributed by atoms with van der Waals surface area (Å²) in [5.74, 6) is -0.0423. The Bertz CT molecular complexity index is 671. The third-order valence-electron chi connectivity index (χ3n) is 3.68. The van der Waals surface area contributed by atoms with Gasteiger partial charge in [-0.25, -0.2) is 0 Å². The van der Waals surface area contributed by atoms with Crippen LogP contribution < -0.4 is 9.47 Å². The van der Waals surface area contributed by atoms with Crippen LogP contribution in [0.4, 0.5) is 0 Å². The van der Waals surface area contributed by atoms with Gasteiger partial charge < -0.3 is 23.6 Å². The van der Waals surface area contributed by atoms with E-state index < -0.39 is 18.5 Å². The SMILES string of the molecule is COc1cc(/C=C/C(=O)C(C)(C)P(=O)(OC)OC)cc(O)c1OC. The molecular formula is C16H23O7P. The van der Waals surface area contributed by atoms with Gasteiger partial charge in [0.05, 0.1) is 14.2 Å². The van der Waals surface area contributed by atoms with Gasteiger partial charge in [0.25, 0.3) is 0 Å². The van der Waals surface area contributed by atoms with Crippen LogP contribution in [0, 0.1) is 0 Å². The molecule has 0 atom stereocenters. The van der Waals surface area contributed by atoms with Crippen molar-refractivity contribution in [3.63, 3.8) is 0 Å². The Labute approximate surface area is 141 Å². The van der Waals surface area contributed by atoms with Crippen molar-refractivity contribution >= 4 is 19.5 Å². The van der Waals surface area contributed by atoms with E-state index in [1.165, 1.54) is 60.5 Å². The van der Waals surface area contributed by atoms with Crippen molar-refractivity contribution in [2.24, 2.45) is 0 Å². The summed E-state index contributed by atoms with van der Waals surface area (Å²) < 4.78 is 32.5. The minimum atomic E-state index is -3.59. The van der Waals surface area contributed by atoms with E-state index in [-0.39, 0.29) is 11.5 Å². The third kappa shape index (κ3) is 3.80. The van der Waals surface area contributed by atoms with Crippen molar-refractivity contribution in [1.82, 2.24) is 0 Å². The van der Waals surface area contributed by atoms with Gasteiger partial charge in [-0.15, -0.1) is 0 Å². The molecule has 0 aliphatic rings. The highest BCUT2D eigenvalue weighted by Gasteiger charge is 2.46. The number of phenolic OH excluding ortho intramolecular Hbond substituents is 1. The smallest absolute Gasteiger partial charge is 0.343 e. The first-order valence-electron chi connectivity index (χ1n) is 7.06. The molecule has 0 aliphatic heterocycles. The second-order valence-electron chi connectivity index (χ2n) is 5.39. The van der Waals surface area contributed by atoms with Crippen molar-refractivity contribution in [1.29, 1.82) is 0 Å². The zero-order valence-corrected chi connectivity index (χ0v) is 15.5. The van der Waals surface area contributed by atoms with E-state index >= 15 is 0 Å². The number of ketones is 1. The molecule has 0 aliphatic carbocycles. The molecule has 0 heterocycles. The van der Waals surface area contributed by atoms with E-state index in [1.54, 1.807) is 6.07 Å². The van der Waals surface area contributed by atoms with E-state index in [9.17, 15) is 14.5 Å². The molecule has 0 spiro atoms. The number of hydrogen-bond acceptors (Lipinski definition) is 7. The maximum Gasteiger partial charge on any atom is 0.343 e. The average Bonchev–Trinajstić information content (AvgIpc) is 2.57. The lowest BCUT2D eigenvalue weighted by atomic mass is 10.1. The van der Waals surface area contributed by atoms with Crippen molar-refractivity contribution in [3.05, 3.63) is 23.8 Å². The number of ether oxygens (including phenoxy) is 2. The van der Waals surface area contributed by atoms with Crippen LogP contribution in [-0.2, 0) is 18.4 Å². The zero-order chi connectivity index (χ0) is 18.5. The first-order valence-corrected chi connectivity index (χ1v) is 8.60. The summed E-state index contributed by atoms with van der Waals surface area (Å²) >= 11 is 0. The summed E-state index contributed by atoms with van der Waals surface area (Å²) in [4.78, 5) is 12.4. The molecule has 0 aromatic heterocycles. The van der Waals surface area contributed by atoms with E-state index in [1.807, 2.05) is 0 Å². The van der Waals surface area contributed by atoms with Crippen molar-refractivity contribution in [2.45, 2.75) is 19.0 Å². The third-order valence-corrected chi connectivity index (χ3v) is 6.23. The summed E-state index contributed by atoms with van der Waals surface area (Å²) in [7, 11) is 1.72. The topological polar surface area (TPSA) is 91.3 Å². The fourth-order valence-electron chi connectivity index (χ4n) is 2.10. The first kappa shape index (κ1) is 20.2. The van der Waals surface area contributed by atoms with Crippen LogP contribution in [0.25, 0.3) is 6.08 Å². The van der Waals surface area contributed by atoms with Gasteiger partial charge in [0.1, 0.15) is 5.16 Å². The quantitative estimate of drug-likeness (QED) is 0.563. The minimum Gasteiger partial charge on any atom is -0.504 e. The number of phenols is 1. The highest BCUT2D eigenvalue weighted by molar-refractivity contribution is 7.56. The summed E-state index contributed by atoms with van der Waals surface area (Å²) in [5.41, 5.74) is 0.513. The molecule has 0 amide bonds. The van der Waals surface area contributed by atoms with Gasteiger partial charge in [0.15, 0.2) is 17.3 Å². The molecule has 1 rings (SSSR count). The second-order valence-corrected chi connectivity index (χ2v) is 8.24. The molecule has 1 N–H and O–H groups in total. The zero-order valence-electron chi connectivity index (χ0n) is 14.7. The van der Waals surface area contributed by atoms with Crippen molar-refractivity contribution in [2.75, 3.05) is 28.4 Å². The molecule has 0 radical (unpaired) electrons. The van der Waals surface area contributed by atoms with E-state index in [0.717, 1.165) is 0 Å². The van der Waals surface area contributed by atoms with Crippen molar-refractivity contribution < 1.29 is 33.0 Å². The Balaban J connectivity index is 3.15. The number of hydrogen-bond donors (Lipinski definition) is 1. The van der Waals surface area contributed by atoms with Crippen LogP contribution in [0.1, 0.15) is 19.4 Å². The molecule has 134 valence electrons. The summed E-state index contributed by atoms with van der Waals surface area (Å²) in [6.07, 6.45) is 2.73. The van der Waals surface area contributed by atoms with Crippen LogP contribution in [0.5, 0.6) is 17.2 Å². The molecule has 0 bridgehead atoms. The molecule has 8 heteroatoms. The number of carbonyl (C=O) groups excluding carboxylic acids is 1. The monoisotopic (exact) mass is 358 g/mol. The molecule has 0 saturated heterocycles. The largest absolute Gasteiger partial charge is 0.504 e. The van der Waals surface area contributed by atoms with Crippen LogP contribution >= 0.6 is 7.60 Å². The summed E-state index contributed by atoms with van der Waals surface area (Å²) in [6.45, 7) is 2.97. The lowest BCUT2D eigenvalue weighted by Gasteiger charge is -2.28. The standard InChI is InChI=1S/C16H23O7P/c1-16(2,24(19,22-5)23-6)14(18)8-7-11-9-12(17)15(21-4)13(10-11)20-3/h7-10,17H,1-6H3/b8-7+. The maximum atomic E-state index is 12.5. The molecule has 0 saturated carbocycles. The number of aromatic hydroxyl groups is 1. The Hall–Kier alpha value is -1.82. The lowest BCUT2D eigenvalue weighted by Crippen LogP contribution is -2.31. The molecule has 24 heavy (non-hydrogen) atoms. The Kier molecular flexibility index (Phi) is 6.60. The van der Waals surface area contributed by atoms with Gasteiger partial charge in [-0.1, -0.05) is 6.08 Å². The normalized spacial score (nSPS) is 12.4. The Morgan fingerprint density at radius 2 is 1.71 bits per heavy atom. The number of rotatable bonds is 8. The van der Waals surface area contributed by atoms with Gasteiger partial charge in [-0.3, -0.25) is 9.36 Å². The van der Waals surface area contributed by atoms with Gasteiger partial charge in [-0.05, 0) is 37.6 Å². The number of allylic oxidation sites excluding steroid dienone is 1. The van der Waals surface area contributed by atoms with Crippen LogP contribution in [-0.4, -0.2) is 44.5 Å². The van der Waals surface area contributed by atoms with Crippen molar-refractivity contribution in [3.8, 4) is 17.2 Å². The summed E-state index contributed by atoms with van der Waals surface area (Å²) in [6, 6.07) is 3.02. The van der Waals surface area contributed by atoms with Crippen LogP contribution in [0.3, 0.4) is 0 Å². The second kappa shape index (κ2) is 7.83. The fraction of sp³-hybridized carbons (Fsp3) is 0.438. The van der Waals surface area contributed by atoms with Crippen LogP contribution in [0.2, 0.25) is 0 Å². The number of carbonyl (C=O) groups is 1. The van der Waals surface area contributed by atoms with E-state index in [0.29, 0.717) is 11.3 Å². The maximum absolute atomic E-state index is 12.5. The predicted molar refractivity (Wildman–Crippen MR) is 91.0 cm³/mol. The fourth-order valence-corrected chi connectivity index (χ4v) is 3.51. The molecule has 0 unspecified atom stereocenters. The average molecular weight is 358 g/mol. The van der Waals surface area contributed by atoms with Gasteiger partial charge in [0.2, 0.25) is 5.75 Å². The minimum absolute atomic E-state index is 0.123. The lowest BCUT2D eigenvalue weighted by molar-refractivity contribution is -0.116. The number of benzene rings is 1. The molecule has 0 fully saturated rings. The Morgan fingerprint density at radius 1 is 1.12 bits per heavy atom. The number of methoxy groups -OCH3 is 2. The Morgan fingerprint density at radius 3 is 2.17 bits per heavy atom. The molecule has 1 aromatic carbocycles. The predicted octanol–water partition coefficient (Wildman–Crippen LogP) is 3.26. The van der Waals surface area contributed by atoms with E-state index in [4.69, 9.17) is 18.5 Å². The molecular weight excluding hydrogens is 335 g/mol. The highest BCUT2D eigenvalue weighted by atomic mass is 31.2. The highest BCUT2D eigenvalue weighted by Crippen LogP contribution is 2.59.